The molecule has 4 rings (SSSR count). The fraction of sp³-hybridized carbons (Fsp3) is 0.970. The number of nitrogens with two attached hydrogens (primary N) is 1. The van der Waals surface area contributed by atoms with Gasteiger partial charge in [0.15, 0.2) is 0 Å². The van der Waals surface area contributed by atoms with Crippen molar-refractivity contribution in [1.29, 1.82) is 0 Å². The predicted molar refractivity (Wildman–Crippen MR) is 156 cm³/mol. The molecule has 0 aromatic heterocycles. The van der Waals surface area contributed by atoms with Crippen LogP contribution in [0.1, 0.15) is 125 Å². The minimum atomic E-state index is -0.842. The van der Waals surface area contributed by atoms with Crippen LogP contribution in [0.5, 0.6) is 0 Å². The van der Waals surface area contributed by atoms with E-state index in [-0.39, 0.29) is 23.5 Å². The Hall–Kier alpha value is -0.650. The molecule has 0 saturated heterocycles. The maximum atomic E-state index is 12.6. The summed E-state index contributed by atoms with van der Waals surface area (Å²) < 4.78 is 5.71. The maximum absolute atomic E-state index is 12.6. The number of fused-ring (bicyclic) bond motifs is 5. The van der Waals surface area contributed by atoms with Crippen molar-refractivity contribution in [2.75, 3.05) is 13.1 Å². The Labute approximate surface area is 233 Å². The number of hydrogen-bond donors (Lipinski definition) is 3. The number of esters is 1. The molecule has 0 aliphatic heterocycles. The van der Waals surface area contributed by atoms with Crippen LogP contribution in [0.25, 0.3) is 0 Å². The Balaban J connectivity index is 1.56. The summed E-state index contributed by atoms with van der Waals surface area (Å²) in [6.45, 7) is 15.4. The molecule has 4 fully saturated rings. The molecule has 4 aliphatic carbocycles. The summed E-state index contributed by atoms with van der Waals surface area (Å²) in [5.74, 6) is 4.21. The molecule has 0 aromatic rings. The van der Waals surface area contributed by atoms with Gasteiger partial charge in [0.2, 0.25) is 0 Å². The van der Waals surface area contributed by atoms with Gasteiger partial charge in [-0.2, -0.15) is 0 Å². The predicted octanol–water partition coefficient (Wildman–Crippen LogP) is 6.46. The molecular weight excluding hydrogens is 472 g/mol. The number of nitrogens with one attached hydrogen (secondary N) is 1. The SMILES string of the molecule is CC(=O)OC1CC[C@]2(C)[C@H]3CC[C@]4(C)[C@@H]([C@H](C)CCCC(C)C)CC[C@H]4[C@@H]3CC(NCCCCN)C2(O)C1. The van der Waals surface area contributed by atoms with Gasteiger partial charge in [-0.1, -0.05) is 53.9 Å². The molecule has 4 saturated carbocycles. The van der Waals surface area contributed by atoms with Crippen molar-refractivity contribution in [3.05, 3.63) is 0 Å². The van der Waals surface area contributed by atoms with Gasteiger partial charge in [0, 0.05) is 24.8 Å². The van der Waals surface area contributed by atoms with Crippen LogP contribution in [0, 0.1) is 46.3 Å². The zero-order valence-corrected chi connectivity index (χ0v) is 25.6. The van der Waals surface area contributed by atoms with E-state index in [1.165, 1.54) is 51.9 Å². The second-order valence-corrected chi connectivity index (χ2v) is 15.0. The van der Waals surface area contributed by atoms with E-state index in [4.69, 9.17) is 10.5 Å². The third-order valence-corrected chi connectivity index (χ3v) is 12.4. The lowest BCUT2D eigenvalue weighted by Crippen LogP contribution is -2.71. The number of rotatable bonds is 11. The highest BCUT2D eigenvalue weighted by molar-refractivity contribution is 5.66. The van der Waals surface area contributed by atoms with E-state index in [0.29, 0.717) is 30.2 Å². The summed E-state index contributed by atoms with van der Waals surface area (Å²) in [4.78, 5) is 11.8. The van der Waals surface area contributed by atoms with E-state index >= 15 is 0 Å². The molecule has 220 valence electrons. The molecule has 4 aliphatic rings. The number of unbranched alkanes of at least 4 members (excludes halogenated alkanes) is 1. The quantitative estimate of drug-likeness (QED) is 0.210. The van der Waals surface area contributed by atoms with Crippen molar-refractivity contribution in [3.8, 4) is 0 Å². The Kier molecular flexibility index (Phi) is 9.63. The van der Waals surface area contributed by atoms with Crippen LogP contribution in [-0.4, -0.2) is 41.9 Å². The first-order valence-corrected chi connectivity index (χ1v) is 16.3. The first kappa shape index (κ1) is 30.3. The van der Waals surface area contributed by atoms with Gasteiger partial charge in [-0.3, -0.25) is 4.79 Å². The molecule has 0 spiro atoms. The van der Waals surface area contributed by atoms with E-state index in [9.17, 15) is 9.90 Å². The summed E-state index contributed by atoms with van der Waals surface area (Å²) in [7, 11) is 0. The first-order valence-electron chi connectivity index (χ1n) is 16.3. The number of hydrogen-bond acceptors (Lipinski definition) is 5. The first-order chi connectivity index (χ1) is 18.0. The second kappa shape index (κ2) is 12.1. The van der Waals surface area contributed by atoms with Gasteiger partial charge in [0.25, 0.3) is 0 Å². The third-order valence-electron chi connectivity index (χ3n) is 12.4. The molecule has 0 bridgehead atoms. The largest absolute Gasteiger partial charge is 0.462 e. The molecule has 0 aromatic carbocycles. The van der Waals surface area contributed by atoms with Gasteiger partial charge >= 0.3 is 5.97 Å². The lowest BCUT2D eigenvalue weighted by Gasteiger charge is -2.66. The molecule has 5 heteroatoms. The van der Waals surface area contributed by atoms with E-state index in [2.05, 4.69) is 39.9 Å². The number of ether oxygens (including phenoxy) is 1. The van der Waals surface area contributed by atoms with E-state index in [0.717, 1.165) is 62.3 Å². The zero-order valence-electron chi connectivity index (χ0n) is 25.6. The summed E-state index contributed by atoms with van der Waals surface area (Å²) in [5, 5.41) is 16.4. The molecule has 4 N–H and O–H groups in total. The Morgan fingerprint density at radius 1 is 1.03 bits per heavy atom. The fourth-order valence-electron chi connectivity index (χ4n) is 10.4. The van der Waals surface area contributed by atoms with Crippen molar-refractivity contribution in [3.63, 3.8) is 0 Å². The van der Waals surface area contributed by atoms with Gasteiger partial charge < -0.3 is 20.9 Å². The second-order valence-electron chi connectivity index (χ2n) is 15.0. The van der Waals surface area contributed by atoms with Crippen molar-refractivity contribution < 1.29 is 14.6 Å². The summed E-state index contributed by atoms with van der Waals surface area (Å²) >= 11 is 0. The van der Waals surface area contributed by atoms with Gasteiger partial charge in [-0.15, -0.1) is 0 Å². The topological polar surface area (TPSA) is 84.6 Å². The third kappa shape index (κ3) is 5.59. The lowest BCUT2D eigenvalue weighted by molar-refractivity contribution is -0.237. The van der Waals surface area contributed by atoms with Crippen LogP contribution in [0.3, 0.4) is 0 Å². The molecule has 0 radical (unpaired) electrons. The smallest absolute Gasteiger partial charge is 0.302 e. The van der Waals surface area contributed by atoms with E-state index in [1.807, 2.05) is 0 Å². The lowest BCUT2D eigenvalue weighted by atomic mass is 9.42. The highest BCUT2D eigenvalue weighted by Crippen LogP contribution is 2.69. The molecule has 10 atom stereocenters. The average Bonchev–Trinajstić information content (AvgIpc) is 3.20. The van der Waals surface area contributed by atoms with Crippen molar-refractivity contribution >= 4 is 5.97 Å². The Morgan fingerprint density at radius 2 is 1.79 bits per heavy atom. The summed E-state index contributed by atoms with van der Waals surface area (Å²) in [5.41, 5.74) is 5.24. The van der Waals surface area contributed by atoms with Crippen LogP contribution in [0.15, 0.2) is 0 Å². The van der Waals surface area contributed by atoms with Crippen LogP contribution < -0.4 is 11.1 Å². The average molecular weight is 533 g/mol. The van der Waals surface area contributed by atoms with Gasteiger partial charge in [-0.05, 0) is 112 Å². The Bertz CT molecular complexity index is 803. The van der Waals surface area contributed by atoms with Gasteiger partial charge in [-0.25, -0.2) is 0 Å². The fourth-order valence-corrected chi connectivity index (χ4v) is 10.4. The molecular formula is C33H60N2O3. The van der Waals surface area contributed by atoms with Crippen LogP contribution in [0.4, 0.5) is 0 Å². The van der Waals surface area contributed by atoms with Gasteiger partial charge in [0.1, 0.15) is 6.10 Å². The molecule has 5 nitrogen and oxygen atoms in total. The van der Waals surface area contributed by atoms with E-state index in [1.54, 1.807) is 0 Å². The van der Waals surface area contributed by atoms with Crippen molar-refractivity contribution in [2.45, 2.75) is 143 Å². The van der Waals surface area contributed by atoms with Crippen molar-refractivity contribution in [2.24, 2.45) is 52.1 Å². The van der Waals surface area contributed by atoms with E-state index < -0.39 is 5.60 Å². The monoisotopic (exact) mass is 532 g/mol. The number of aliphatic hydroxyl groups is 1. The molecule has 0 heterocycles. The summed E-state index contributed by atoms with van der Waals surface area (Å²) in [6.07, 6.45) is 14.7. The normalized spacial score (nSPS) is 43.3. The highest BCUT2D eigenvalue weighted by Gasteiger charge is 2.67. The molecule has 0 amide bonds. The minimum Gasteiger partial charge on any atom is -0.462 e. The van der Waals surface area contributed by atoms with Crippen LogP contribution in [0.2, 0.25) is 0 Å². The summed E-state index contributed by atoms with van der Waals surface area (Å²) in [6, 6.07) is 0.0507. The standard InChI is InChI=1S/C33H60N2O3/c1-22(2)10-9-11-23(3)27-12-13-28-26-20-30(35-19-8-7-18-34)33(37)21-25(38-24(4)36)14-17-32(33,6)29(26)15-16-31(27,28)5/h22-23,25-30,35,37H,7-21,34H2,1-6H3/t23-,25?,26+,27-,28+,29+,30?,31-,32-,33?/m1/s1. The Morgan fingerprint density at radius 3 is 2.47 bits per heavy atom. The maximum Gasteiger partial charge on any atom is 0.302 e. The number of carbonyl (C=O) groups is 1. The molecule has 38 heavy (non-hydrogen) atoms. The van der Waals surface area contributed by atoms with Crippen LogP contribution in [-0.2, 0) is 9.53 Å². The highest BCUT2D eigenvalue weighted by atomic mass is 16.5. The zero-order chi connectivity index (χ0) is 27.7. The van der Waals surface area contributed by atoms with Gasteiger partial charge in [0.05, 0.1) is 5.60 Å². The minimum absolute atomic E-state index is 0.0507. The molecule has 3 unspecified atom stereocenters. The van der Waals surface area contributed by atoms with Crippen LogP contribution >= 0.6 is 0 Å². The van der Waals surface area contributed by atoms with Crippen molar-refractivity contribution in [1.82, 2.24) is 5.32 Å². The number of carbonyl (C=O) groups excluding carboxylic acids is 1.